The molecule has 2 heterocycles. The van der Waals surface area contributed by atoms with E-state index < -0.39 is 31.5 Å². The van der Waals surface area contributed by atoms with E-state index in [1.807, 2.05) is 98.7 Å². The number of hydrogen-bond acceptors (Lipinski definition) is 8. The minimum absolute atomic E-state index is 0.179. The Morgan fingerprint density at radius 3 is 1.91 bits per heavy atom. The van der Waals surface area contributed by atoms with Crippen LogP contribution < -0.4 is 19.1 Å². The molecular formula is C55H68FNO7Si. The molecule has 1 fully saturated rings. The molecule has 10 heteroatoms. The van der Waals surface area contributed by atoms with Crippen LogP contribution in [0, 0.1) is 12.7 Å². The Labute approximate surface area is 387 Å². The predicted octanol–water partition coefficient (Wildman–Crippen LogP) is 13.2. The Hall–Kier alpha value is -4.71. The van der Waals surface area contributed by atoms with Gasteiger partial charge in [0.1, 0.15) is 29.7 Å². The number of aryl methyl sites for hydroxylation is 1. The molecule has 1 unspecified atom stereocenters. The van der Waals surface area contributed by atoms with Gasteiger partial charge in [0.05, 0.1) is 36.2 Å². The molecule has 0 spiro atoms. The average molecular weight is 902 g/mol. The number of anilines is 1. The molecule has 5 aromatic rings. The molecule has 8 rings (SSSR count). The van der Waals surface area contributed by atoms with Crippen LogP contribution in [0.3, 0.4) is 0 Å². The third-order valence-electron chi connectivity index (χ3n) is 12.3. The molecule has 5 aromatic carbocycles. The van der Waals surface area contributed by atoms with Crippen LogP contribution in [0.4, 0.5) is 10.1 Å². The van der Waals surface area contributed by atoms with Crippen molar-refractivity contribution in [1.82, 2.24) is 0 Å². The predicted molar refractivity (Wildman–Crippen MR) is 262 cm³/mol. The maximum atomic E-state index is 14.7. The zero-order chi connectivity index (χ0) is 46.7. The summed E-state index contributed by atoms with van der Waals surface area (Å²) >= 11 is 0. The van der Waals surface area contributed by atoms with Gasteiger partial charge in [0.2, 0.25) is 0 Å². The van der Waals surface area contributed by atoms with Crippen molar-refractivity contribution >= 4 is 31.6 Å². The molecule has 0 radical (unpaired) electrons. The van der Waals surface area contributed by atoms with Crippen LogP contribution in [0.2, 0.25) is 0 Å². The van der Waals surface area contributed by atoms with Crippen LogP contribution >= 0.6 is 0 Å². The standard InChI is InChI=1S/C55H68FNO7Si/c1-36-17-26-41-45(33-36)54(11,12)49-42-27-28-55(37-18-22-39(56)23-19-37,61-50(42)44-35-47(58-13)46(34-43(44)48(41)49)57-29-15-14-16-30-57)38-20-24-40(25-21-38)59-31-32-60-65(62-51(2,3)4,63-52(5,6)7)64-53(8,9)10/h17-28,33-35H,14-16,29-32H2,1-13H3. The summed E-state index contributed by atoms with van der Waals surface area (Å²) in [5, 5.41) is 2.10. The van der Waals surface area contributed by atoms with Crippen molar-refractivity contribution in [2.75, 3.05) is 38.3 Å². The molecule has 0 saturated carbocycles. The molecule has 65 heavy (non-hydrogen) atoms. The van der Waals surface area contributed by atoms with Gasteiger partial charge in [-0.2, -0.15) is 0 Å². The lowest BCUT2D eigenvalue weighted by atomic mass is 9.76. The van der Waals surface area contributed by atoms with E-state index in [4.69, 9.17) is 31.9 Å². The van der Waals surface area contributed by atoms with Crippen LogP contribution in [0.15, 0.2) is 84.9 Å². The fraction of sp³-hybridized carbons (Fsp3) is 0.455. The van der Waals surface area contributed by atoms with Gasteiger partial charge >= 0.3 is 9.05 Å². The number of methoxy groups -OCH3 is 1. The molecule has 0 bridgehead atoms. The lowest BCUT2D eigenvalue weighted by molar-refractivity contribution is -0.135. The SMILES string of the molecule is COc1cc2c3c(c4c(c2cc1N1CCCCC1)-c1ccc(C)cc1C4(C)C)C=CC(c1ccc(F)cc1)(c1ccc(OCCO[Si](OC(C)(C)C)(OC(C)(C)C)OC(C)(C)C)cc1)O3. The zero-order valence-electron chi connectivity index (χ0n) is 40.8. The third-order valence-corrected chi connectivity index (χ3v) is 15.4. The molecule has 346 valence electrons. The van der Waals surface area contributed by atoms with Crippen LogP contribution in [0.1, 0.15) is 129 Å². The number of hydrogen-bond donors (Lipinski definition) is 0. The summed E-state index contributed by atoms with van der Waals surface area (Å²) < 4.78 is 60.7. The van der Waals surface area contributed by atoms with Crippen molar-refractivity contribution in [3.63, 3.8) is 0 Å². The molecule has 0 amide bonds. The van der Waals surface area contributed by atoms with Gasteiger partial charge in [-0.15, -0.1) is 0 Å². The van der Waals surface area contributed by atoms with E-state index in [0.717, 1.165) is 70.6 Å². The summed E-state index contributed by atoms with van der Waals surface area (Å²) in [5.74, 6) is 1.92. The summed E-state index contributed by atoms with van der Waals surface area (Å²) in [7, 11) is -1.91. The fourth-order valence-corrected chi connectivity index (χ4v) is 12.6. The molecule has 1 aliphatic carbocycles. The second-order valence-electron chi connectivity index (χ2n) is 21.3. The maximum Gasteiger partial charge on any atom is 0.681 e. The van der Waals surface area contributed by atoms with E-state index >= 15 is 0 Å². The van der Waals surface area contributed by atoms with Crippen LogP contribution in [-0.2, 0) is 28.7 Å². The maximum absolute atomic E-state index is 14.7. The Balaban J connectivity index is 1.19. The molecule has 3 aliphatic rings. The lowest BCUT2D eigenvalue weighted by Gasteiger charge is -2.41. The fourth-order valence-electron chi connectivity index (χ4n) is 9.73. The van der Waals surface area contributed by atoms with E-state index in [1.165, 1.54) is 46.4 Å². The van der Waals surface area contributed by atoms with Crippen molar-refractivity contribution in [2.24, 2.45) is 0 Å². The van der Waals surface area contributed by atoms with Crippen molar-refractivity contribution in [1.29, 1.82) is 0 Å². The summed E-state index contributed by atoms with van der Waals surface area (Å²) in [6, 6.07) is 25.9. The number of piperidine rings is 1. The highest BCUT2D eigenvalue weighted by Gasteiger charge is 2.54. The van der Waals surface area contributed by atoms with E-state index in [0.29, 0.717) is 5.75 Å². The Kier molecular flexibility index (Phi) is 12.4. The number of ether oxygens (including phenoxy) is 3. The molecule has 1 atom stereocenters. The minimum Gasteiger partial charge on any atom is -0.495 e. The van der Waals surface area contributed by atoms with Gasteiger partial charge in [0.15, 0.2) is 5.60 Å². The van der Waals surface area contributed by atoms with Gasteiger partial charge in [-0.3, -0.25) is 0 Å². The molecule has 0 aromatic heterocycles. The highest BCUT2D eigenvalue weighted by Crippen LogP contribution is 2.59. The van der Waals surface area contributed by atoms with Gasteiger partial charge in [0, 0.05) is 40.6 Å². The van der Waals surface area contributed by atoms with E-state index in [2.05, 4.69) is 68.2 Å². The quantitative estimate of drug-likeness (QED) is 0.0906. The highest BCUT2D eigenvalue weighted by atomic mass is 28.4. The number of rotatable bonds is 12. The molecule has 8 nitrogen and oxygen atoms in total. The van der Waals surface area contributed by atoms with Gasteiger partial charge < -0.3 is 36.8 Å². The largest absolute Gasteiger partial charge is 0.681 e. The summed E-state index contributed by atoms with van der Waals surface area (Å²) in [4.78, 5) is 2.47. The normalized spacial score (nSPS) is 18.3. The molecule has 0 N–H and O–H groups in total. The minimum atomic E-state index is -3.67. The van der Waals surface area contributed by atoms with Crippen LogP contribution in [0.5, 0.6) is 17.2 Å². The average Bonchev–Trinajstić information content (AvgIpc) is 3.46. The summed E-state index contributed by atoms with van der Waals surface area (Å²) in [6.07, 6.45) is 7.89. The second kappa shape index (κ2) is 17.2. The van der Waals surface area contributed by atoms with Gasteiger partial charge in [-0.25, -0.2) is 4.39 Å². The number of halogens is 1. The first kappa shape index (κ1) is 46.8. The number of benzene rings is 5. The molecule has 1 saturated heterocycles. The second-order valence-corrected chi connectivity index (χ2v) is 23.2. The van der Waals surface area contributed by atoms with Crippen molar-refractivity contribution in [2.45, 2.75) is 130 Å². The van der Waals surface area contributed by atoms with Crippen LogP contribution in [-0.4, -0.2) is 59.3 Å². The Morgan fingerprint density at radius 1 is 0.723 bits per heavy atom. The Bertz CT molecular complexity index is 2540. The molecule has 2 aliphatic heterocycles. The summed E-state index contributed by atoms with van der Waals surface area (Å²) in [5.41, 5.74) is 6.91. The summed E-state index contributed by atoms with van der Waals surface area (Å²) in [6.45, 7) is 26.9. The smallest absolute Gasteiger partial charge is 0.495 e. The third kappa shape index (κ3) is 9.48. The lowest BCUT2D eigenvalue weighted by Crippen LogP contribution is -2.59. The van der Waals surface area contributed by atoms with Crippen molar-refractivity contribution < 1.29 is 36.3 Å². The topological polar surface area (TPSA) is 67.9 Å². The Morgan fingerprint density at radius 2 is 1.32 bits per heavy atom. The number of fused-ring (bicyclic) bond motifs is 8. The monoisotopic (exact) mass is 901 g/mol. The highest BCUT2D eigenvalue weighted by molar-refractivity contribution is 6.54. The van der Waals surface area contributed by atoms with Gasteiger partial charge in [0.25, 0.3) is 0 Å². The van der Waals surface area contributed by atoms with Gasteiger partial charge in [-0.1, -0.05) is 68.0 Å². The van der Waals surface area contributed by atoms with Crippen molar-refractivity contribution in [3.05, 3.63) is 124 Å². The van der Waals surface area contributed by atoms with Gasteiger partial charge in [-0.05, 0) is 159 Å². The van der Waals surface area contributed by atoms with E-state index in [1.54, 1.807) is 7.11 Å². The number of nitrogens with zero attached hydrogens (tertiary/aromatic N) is 1. The zero-order valence-corrected chi connectivity index (χ0v) is 41.8. The molecular weight excluding hydrogens is 834 g/mol. The first-order chi connectivity index (χ1) is 30.5. The van der Waals surface area contributed by atoms with E-state index in [-0.39, 0.29) is 24.4 Å². The van der Waals surface area contributed by atoms with Crippen LogP contribution in [0.25, 0.3) is 28.0 Å². The van der Waals surface area contributed by atoms with Crippen molar-refractivity contribution in [3.8, 4) is 28.4 Å². The first-order valence-electron chi connectivity index (χ1n) is 23.2. The first-order valence-corrected chi connectivity index (χ1v) is 24.9. The van der Waals surface area contributed by atoms with E-state index in [9.17, 15) is 4.39 Å².